The van der Waals surface area contributed by atoms with Crippen molar-refractivity contribution in [2.45, 2.75) is 26.2 Å². The van der Waals surface area contributed by atoms with Gasteiger partial charge in [0.15, 0.2) is 0 Å². The van der Waals surface area contributed by atoms with Gasteiger partial charge in [-0.25, -0.2) is 0 Å². The van der Waals surface area contributed by atoms with Gasteiger partial charge in [0.2, 0.25) is 5.91 Å². The second-order valence-electron chi connectivity index (χ2n) is 6.43. The maximum Gasteiger partial charge on any atom is 0.251 e. The fraction of sp³-hybridized carbons (Fsp3) is 0.238. The normalized spacial score (nSPS) is 10.8. The highest BCUT2D eigenvalue weighted by Crippen LogP contribution is 2.15. The van der Waals surface area contributed by atoms with Crippen molar-refractivity contribution in [3.63, 3.8) is 0 Å². The quantitative estimate of drug-likeness (QED) is 0.695. The fourth-order valence-electron chi connectivity index (χ4n) is 2.86. The number of aromatic nitrogens is 1. The highest BCUT2D eigenvalue weighted by Gasteiger charge is 2.05. The summed E-state index contributed by atoms with van der Waals surface area (Å²) in [5.74, 6) is 0.0386. The summed E-state index contributed by atoms with van der Waals surface area (Å²) in [5, 5.41) is 4.65. The van der Waals surface area contributed by atoms with E-state index < -0.39 is 0 Å². The van der Waals surface area contributed by atoms with Crippen LogP contribution in [0.5, 0.6) is 0 Å². The predicted molar refractivity (Wildman–Crippen MR) is 106 cm³/mol. The van der Waals surface area contributed by atoms with Crippen molar-refractivity contribution in [2.24, 2.45) is 0 Å². The number of hydrogen-bond acceptors (Lipinski definition) is 2. The number of fused-ring (bicyclic) bond motifs is 1. The SMILES string of the molecule is Cc1cc2cc(CCC(=O)NCCc3ccc(Cl)cc3)ccc2[nH]c1=O. The van der Waals surface area contributed by atoms with Crippen LogP contribution in [0.3, 0.4) is 0 Å². The lowest BCUT2D eigenvalue weighted by Gasteiger charge is -2.07. The Balaban J connectivity index is 1.51. The van der Waals surface area contributed by atoms with Gasteiger partial charge in [0, 0.05) is 29.1 Å². The Kier molecular flexibility index (Phi) is 5.74. The van der Waals surface area contributed by atoms with Crippen LogP contribution in [0.4, 0.5) is 0 Å². The summed E-state index contributed by atoms with van der Waals surface area (Å²) in [6.07, 6.45) is 1.89. The molecule has 0 spiro atoms. The van der Waals surface area contributed by atoms with E-state index in [4.69, 9.17) is 11.6 Å². The molecule has 3 aromatic rings. The number of hydrogen-bond donors (Lipinski definition) is 2. The zero-order valence-electron chi connectivity index (χ0n) is 14.6. The maximum atomic E-state index is 12.0. The number of halogens is 1. The molecular formula is C21H21ClN2O2. The lowest BCUT2D eigenvalue weighted by atomic mass is 10.1. The molecule has 5 heteroatoms. The highest BCUT2D eigenvalue weighted by molar-refractivity contribution is 6.30. The Bertz CT molecular complexity index is 977. The van der Waals surface area contributed by atoms with Gasteiger partial charge in [-0.3, -0.25) is 9.59 Å². The smallest absolute Gasteiger partial charge is 0.251 e. The number of carbonyl (C=O) groups excluding carboxylic acids is 1. The molecule has 1 heterocycles. The van der Waals surface area contributed by atoms with E-state index in [0.717, 1.165) is 28.5 Å². The van der Waals surface area contributed by atoms with Crippen LogP contribution < -0.4 is 10.9 Å². The van der Waals surface area contributed by atoms with E-state index in [9.17, 15) is 9.59 Å². The third-order valence-electron chi connectivity index (χ3n) is 4.38. The molecule has 0 fully saturated rings. The Hall–Kier alpha value is -2.59. The molecule has 0 bridgehead atoms. The topological polar surface area (TPSA) is 62.0 Å². The minimum Gasteiger partial charge on any atom is -0.356 e. The van der Waals surface area contributed by atoms with Crippen LogP contribution in [-0.4, -0.2) is 17.4 Å². The Morgan fingerprint density at radius 3 is 2.54 bits per heavy atom. The summed E-state index contributed by atoms with van der Waals surface area (Å²) in [4.78, 5) is 26.5. The molecule has 0 unspecified atom stereocenters. The molecule has 26 heavy (non-hydrogen) atoms. The molecule has 0 atom stereocenters. The number of benzene rings is 2. The molecule has 2 aromatic carbocycles. The summed E-state index contributed by atoms with van der Waals surface area (Å²) in [7, 11) is 0. The largest absolute Gasteiger partial charge is 0.356 e. The molecule has 0 radical (unpaired) electrons. The van der Waals surface area contributed by atoms with Gasteiger partial charge in [-0.2, -0.15) is 0 Å². The highest BCUT2D eigenvalue weighted by atomic mass is 35.5. The minimum atomic E-state index is -0.0645. The lowest BCUT2D eigenvalue weighted by Crippen LogP contribution is -2.25. The van der Waals surface area contributed by atoms with Gasteiger partial charge in [-0.15, -0.1) is 0 Å². The number of rotatable bonds is 6. The lowest BCUT2D eigenvalue weighted by molar-refractivity contribution is -0.121. The molecule has 3 rings (SSSR count). The molecule has 0 aliphatic heterocycles. The van der Waals surface area contributed by atoms with E-state index in [1.165, 1.54) is 0 Å². The first kappa shape index (κ1) is 18.2. The number of H-pyrrole nitrogens is 1. The van der Waals surface area contributed by atoms with Crippen molar-refractivity contribution < 1.29 is 4.79 Å². The average Bonchev–Trinajstić information content (AvgIpc) is 2.62. The van der Waals surface area contributed by atoms with Crippen LogP contribution in [0.25, 0.3) is 10.9 Å². The van der Waals surface area contributed by atoms with E-state index >= 15 is 0 Å². The van der Waals surface area contributed by atoms with E-state index in [1.807, 2.05) is 48.5 Å². The molecule has 0 saturated carbocycles. The first-order valence-electron chi connectivity index (χ1n) is 8.65. The van der Waals surface area contributed by atoms with Crippen molar-refractivity contribution in [3.8, 4) is 0 Å². The van der Waals surface area contributed by atoms with Crippen LogP contribution in [0.2, 0.25) is 5.02 Å². The van der Waals surface area contributed by atoms with Gasteiger partial charge in [-0.05, 0) is 66.6 Å². The van der Waals surface area contributed by atoms with Gasteiger partial charge in [0.1, 0.15) is 0 Å². The van der Waals surface area contributed by atoms with Crippen molar-refractivity contribution in [2.75, 3.05) is 6.54 Å². The van der Waals surface area contributed by atoms with E-state index in [1.54, 1.807) is 6.92 Å². The van der Waals surface area contributed by atoms with Gasteiger partial charge >= 0.3 is 0 Å². The molecule has 2 N–H and O–H groups in total. The van der Waals surface area contributed by atoms with Gasteiger partial charge in [0.25, 0.3) is 5.56 Å². The van der Waals surface area contributed by atoms with Gasteiger partial charge in [-0.1, -0.05) is 29.8 Å². The molecule has 1 amide bonds. The molecule has 1 aromatic heterocycles. The van der Waals surface area contributed by atoms with Gasteiger partial charge in [0.05, 0.1) is 0 Å². The fourth-order valence-corrected chi connectivity index (χ4v) is 2.99. The first-order valence-corrected chi connectivity index (χ1v) is 9.03. The number of pyridine rings is 1. The Morgan fingerprint density at radius 2 is 1.77 bits per heavy atom. The number of carbonyl (C=O) groups is 1. The summed E-state index contributed by atoms with van der Waals surface area (Å²) in [5.41, 5.74) is 3.67. The van der Waals surface area contributed by atoms with Crippen LogP contribution in [0.1, 0.15) is 23.1 Å². The van der Waals surface area contributed by atoms with E-state index in [2.05, 4.69) is 10.3 Å². The van der Waals surface area contributed by atoms with Crippen molar-refractivity contribution in [1.82, 2.24) is 10.3 Å². The molecule has 0 saturated heterocycles. The van der Waals surface area contributed by atoms with E-state index in [-0.39, 0.29) is 11.5 Å². The van der Waals surface area contributed by atoms with Crippen LogP contribution in [-0.2, 0) is 17.6 Å². The van der Waals surface area contributed by atoms with Crippen LogP contribution in [0, 0.1) is 6.92 Å². The first-order chi connectivity index (χ1) is 12.5. The summed E-state index contributed by atoms with van der Waals surface area (Å²) in [6, 6.07) is 15.4. The Labute approximate surface area is 157 Å². The molecular weight excluding hydrogens is 348 g/mol. The summed E-state index contributed by atoms with van der Waals surface area (Å²) < 4.78 is 0. The second kappa shape index (κ2) is 8.19. The molecule has 4 nitrogen and oxygen atoms in total. The van der Waals surface area contributed by atoms with Crippen molar-refractivity contribution in [1.29, 1.82) is 0 Å². The third kappa shape index (κ3) is 4.73. The zero-order chi connectivity index (χ0) is 18.5. The number of amides is 1. The predicted octanol–water partition coefficient (Wildman–Crippen LogP) is 3.78. The van der Waals surface area contributed by atoms with E-state index in [0.29, 0.717) is 30.0 Å². The maximum absolute atomic E-state index is 12.0. The molecule has 134 valence electrons. The van der Waals surface area contributed by atoms with Crippen molar-refractivity contribution >= 4 is 28.4 Å². The second-order valence-corrected chi connectivity index (χ2v) is 6.87. The standard InChI is InChI=1S/C21H21ClN2O2/c1-14-12-17-13-16(4-8-19(17)24-21(14)26)5-9-20(25)23-11-10-15-2-6-18(22)7-3-15/h2-4,6-8,12-13H,5,9-11H2,1H3,(H,23,25)(H,24,26). The molecule has 0 aliphatic carbocycles. The minimum absolute atomic E-state index is 0.0386. The van der Waals surface area contributed by atoms with Crippen LogP contribution >= 0.6 is 11.6 Å². The third-order valence-corrected chi connectivity index (χ3v) is 4.64. The van der Waals surface area contributed by atoms with Crippen LogP contribution in [0.15, 0.2) is 53.3 Å². The van der Waals surface area contributed by atoms with Gasteiger partial charge < -0.3 is 10.3 Å². The van der Waals surface area contributed by atoms with Crippen molar-refractivity contribution in [3.05, 3.63) is 80.6 Å². The number of aromatic amines is 1. The Morgan fingerprint density at radius 1 is 1.04 bits per heavy atom. The number of nitrogens with one attached hydrogen (secondary N) is 2. The monoisotopic (exact) mass is 368 g/mol. The zero-order valence-corrected chi connectivity index (χ0v) is 15.4. The molecule has 0 aliphatic rings. The summed E-state index contributed by atoms with van der Waals surface area (Å²) >= 11 is 5.86. The summed E-state index contributed by atoms with van der Waals surface area (Å²) in [6.45, 7) is 2.40. The average molecular weight is 369 g/mol. The number of aryl methyl sites for hydroxylation is 2.